The van der Waals surface area contributed by atoms with E-state index in [9.17, 15) is 14.4 Å². The number of fused-ring (bicyclic) bond motifs is 1. The molecule has 0 aliphatic carbocycles. The summed E-state index contributed by atoms with van der Waals surface area (Å²) in [5.74, 6) is -0.507. The van der Waals surface area contributed by atoms with Crippen LogP contribution in [-0.2, 0) is 20.8 Å². The first-order valence-electron chi connectivity index (χ1n) is 13.2. The molecule has 7 nitrogen and oxygen atoms in total. The van der Waals surface area contributed by atoms with Gasteiger partial charge in [0.15, 0.2) is 5.58 Å². The third-order valence-corrected chi connectivity index (χ3v) is 7.31. The van der Waals surface area contributed by atoms with Gasteiger partial charge < -0.3 is 9.32 Å². The maximum atomic E-state index is 13.8. The van der Waals surface area contributed by atoms with E-state index in [1.807, 2.05) is 91.9 Å². The van der Waals surface area contributed by atoms with Crippen LogP contribution in [-0.4, -0.2) is 33.6 Å². The highest BCUT2D eigenvalue weighted by Gasteiger charge is 2.46. The van der Waals surface area contributed by atoms with E-state index in [4.69, 9.17) is 4.42 Å². The number of anilines is 1. The number of para-hydroxylation sites is 2. The molecule has 0 bridgehead atoms. The number of carbonyl (C=O) groups is 3. The molecule has 2 atom stereocenters. The minimum atomic E-state index is -0.907. The zero-order chi connectivity index (χ0) is 27.6. The average Bonchev–Trinajstić information content (AvgIpc) is 3.54. The van der Waals surface area contributed by atoms with Gasteiger partial charge in [0.25, 0.3) is 5.91 Å². The van der Waals surface area contributed by atoms with Gasteiger partial charge in [0.05, 0.1) is 24.6 Å². The zero-order valence-electron chi connectivity index (χ0n) is 21.9. The van der Waals surface area contributed by atoms with Gasteiger partial charge in [-0.25, -0.2) is 9.88 Å². The van der Waals surface area contributed by atoms with Gasteiger partial charge in [-0.3, -0.25) is 14.4 Å². The predicted octanol–water partition coefficient (Wildman–Crippen LogP) is 5.96. The number of rotatable bonds is 7. The molecule has 5 aromatic rings. The largest absolute Gasteiger partial charge is 0.436 e. The molecule has 2 unspecified atom stereocenters. The summed E-state index contributed by atoms with van der Waals surface area (Å²) in [7, 11) is 0. The van der Waals surface area contributed by atoms with Gasteiger partial charge in [0.2, 0.25) is 17.7 Å². The summed E-state index contributed by atoms with van der Waals surface area (Å²) < 4.78 is 5.85. The van der Waals surface area contributed by atoms with Gasteiger partial charge in [0.1, 0.15) is 11.6 Å². The molecule has 7 heteroatoms. The second kappa shape index (κ2) is 10.6. The van der Waals surface area contributed by atoms with Crippen LogP contribution in [0.5, 0.6) is 0 Å². The minimum Gasteiger partial charge on any atom is -0.436 e. The van der Waals surface area contributed by atoms with Crippen LogP contribution < -0.4 is 4.90 Å². The van der Waals surface area contributed by atoms with Crippen LogP contribution in [0.2, 0.25) is 0 Å². The monoisotopic (exact) mass is 529 g/mol. The standard InChI is InChI=1S/C33H27N3O4/c1-22(24-12-6-3-7-13-24)35(30(37)20-23-10-4-2-5-11-23)28-21-31(38)36(33(28)39)26-18-16-25(17-19-26)32-34-27-14-8-9-15-29(27)40-32/h2-19,22,28H,20-21H2,1H3. The van der Waals surface area contributed by atoms with Crippen LogP contribution >= 0.6 is 0 Å². The summed E-state index contributed by atoms with van der Waals surface area (Å²) >= 11 is 0. The molecule has 198 valence electrons. The smallest absolute Gasteiger partial charge is 0.257 e. The average molecular weight is 530 g/mol. The molecule has 1 aliphatic rings. The second-order valence-corrected chi connectivity index (χ2v) is 9.87. The van der Waals surface area contributed by atoms with Crippen molar-refractivity contribution in [1.82, 2.24) is 9.88 Å². The summed E-state index contributed by atoms with van der Waals surface area (Å²) in [6, 6.07) is 32.1. The molecule has 0 saturated carbocycles. The Labute approximate surface area is 231 Å². The lowest BCUT2D eigenvalue weighted by molar-refractivity contribution is -0.140. The molecule has 1 fully saturated rings. The topological polar surface area (TPSA) is 83.7 Å². The van der Waals surface area contributed by atoms with E-state index < -0.39 is 18.0 Å². The van der Waals surface area contributed by atoms with Gasteiger partial charge >= 0.3 is 0 Å². The molecule has 3 amide bonds. The number of carbonyl (C=O) groups excluding carboxylic acids is 3. The molecule has 4 aromatic carbocycles. The molecule has 0 N–H and O–H groups in total. The Morgan fingerprint density at radius 3 is 2.25 bits per heavy atom. The third kappa shape index (κ3) is 4.78. The molecule has 40 heavy (non-hydrogen) atoms. The maximum Gasteiger partial charge on any atom is 0.257 e. The fraction of sp³-hybridized carbons (Fsp3) is 0.152. The molecule has 1 saturated heterocycles. The fourth-order valence-electron chi connectivity index (χ4n) is 5.27. The van der Waals surface area contributed by atoms with Crippen molar-refractivity contribution in [3.63, 3.8) is 0 Å². The molecule has 1 aromatic heterocycles. The molecule has 0 spiro atoms. The van der Waals surface area contributed by atoms with Gasteiger partial charge in [-0.15, -0.1) is 0 Å². The number of amides is 3. The Morgan fingerprint density at radius 1 is 0.900 bits per heavy atom. The van der Waals surface area contributed by atoms with Crippen molar-refractivity contribution in [3.05, 3.63) is 120 Å². The van der Waals surface area contributed by atoms with E-state index in [1.54, 1.807) is 29.2 Å². The first-order chi connectivity index (χ1) is 19.5. The summed E-state index contributed by atoms with van der Waals surface area (Å²) in [4.78, 5) is 48.0. The Bertz CT molecular complexity index is 1650. The number of hydrogen-bond acceptors (Lipinski definition) is 5. The lowest BCUT2D eigenvalue weighted by Crippen LogP contribution is -2.47. The van der Waals surface area contributed by atoms with Crippen molar-refractivity contribution in [3.8, 4) is 11.5 Å². The molecular weight excluding hydrogens is 502 g/mol. The van der Waals surface area contributed by atoms with Crippen LogP contribution in [0.15, 0.2) is 114 Å². The Kier molecular flexibility index (Phi) is 6.70. The number of aromatic nitrogens is 1. The van der Waals surface area contributed by atoms with Gasteiger partial charge in [-0.2, -0.15) is 0 Å². The number of imide groups is 1. The van der Waals surface area contributed by atoms with E-state index in [0.29, 0.717) is 17.2 Å². The first kappa shape index (κ1) is 25.2. The minimum absolute atomic E-state index is 0.0799. The highest BCUT2D eigenvalue weighted by atomic mass is 16.3. The van der Waals surface area contributed by atoms with E-state index in [2.05, 4.69) is 4.98 Å². The van der Waals surface area contributed by atoms with Gasteiger partial charge in [-0.1, -0.05) is 72.8 Å². The van der Waals surface area contributed by atoms with Crippen molar-refractivity contribution in [2.75, 3.05) is 4.90 Å². The van der Waals surface area contributed by atoms with Crippen LogP contribution in [0.1, 0.15) is 30.5 Å². The SMILES string of the molecule is CC(c1ccccc1)N(C(=O)Cc1ccccc1)C1CC(=O)N(c2ccc(-c3nc4ccccc4o3)cc2)C1=O. The van der Waals surface area contributed by atoms with E-state index >= 15 is 0 Å². The highest BCUT2D eigenvalue weighted by Crippen LogP contribution is 2.33. The zero-order valence-corrected chi connectivity index (χ0v) is 21.9. The van der Waals surface area contributed by atoms with Crippen LogP contribution in [0.3, 0.4) is 0 Å². The number of hydrogen-bond donors (Lipinski definition) is 0. The quantitative estimate of drug-likeness (QED) is 0.243. The van der Waals surface area contributed by atoms with Crippen molar-refractivity contribution in [1.29, 1.82) is 0 Å². The molecule has 2 heterocycles. The molecule has 6 rings (SSSR count). The van der Waals surface area contributed by atoms with Gasteiger partial charge in [0, 0.05) is 5.56 Å². The summed E-state index contributed by atoms with van der Waals surface area (Å²) in [5, 5.41) is 0. The third-order valence-electron chi connectivity index (χ3n) is 7.31. The Hall–Kier alpha value is -5.04. The molecule has 1 aliphatic heterocycles. The summed E-state index contributed by atoms with van der Waals surface area (Å²) in [6.45, 7) is 1.90. The number of oxazole rings is 1. The summed E-state index contributed by atoms with van der Waals surface area (Å²) in [6.07, 6.45) is 0.0542. The van der Waals surface area contributed by atoms with Crippen LogP contribution in [0, 0.1) is 0 Å². The predicted molar refractivity (Wildman–Crippen MR) is 152 cm³/mol. The summed E-state index contributed by atoms with van der Waals surface area (Å²) in [5.41, 5.74) is 4.35. The van der Waals surface area contributed by atoms with Crippen molar-refractivity contribution < 1.29 is 18.8 Å². The van der Waals surface area contributed by atoms with E-state index in [-0.39, 0.29) is 24.7 Å². The Balaban J connectivity index is 1.28. The first-order valence-corrected chi connectivity index (χ1v) is 13.2. The Morgan fingerprint density at radius 2 is 1.55 bits per heavy atom. The van der Waals surface area contributed by atoms with E-state index in [0.717, 1.165) is 22.2 Å². The normalized spacial score (nSPS) is 15.9. The molecule has 0 radical (unpaired) electrons. The van der Waals surface area contributed by atoms with Crippen molar-refractivity contribution >= 4 is 34.5 Å². The number of nitrogens with zero attached hydrogens (tertiary/aromatic N) is 3. The number of benzene rings is 4. The lowest BCUT2D eigenvalue weighted by Gasteiger charge is -2.34. The van der Waals surface area contributed by atoms with Crippen LogP contribution in [0.25, 0.3) is 22.6 Å². The van der Waals surface area contributed by atoms with Crippen molar-refractivity contribution in [2.24, 2.45) is 0 Å². The highest BCUT2D eigenvalue weighted by molar-refractivity contribution is 6.23. The molecular formula is C33H27N3O4. The lowest BCUT2D eigenvalue weighted by atomic mass is 10.0. The maximum absolute atomic E-state index is 13.8. The van der Waals surface area contributed by atoms with Crippen molar-refractivity contribution in [2.45, 2.75) is 31.8 Å². The fourth-order valence-corrected chi connectivity index (χ4v) is 5.27. The second-order valence-electron chi connectivity index (χ2n) is 9.87. The van der Waals surface area contributed by atoms with Gasteiger partial charge in [-0.05, 0) is 54.4 Å². The van der Waals surface area contributed by atoms with Crippen LogP contribution in [0.4, 0.5) is 5.69 Å². The van der Waals surface area contributed by atoms with E-state index in [1.165, 1.54) is 4.90 Å².